The maximum Gasteiger partial charge on any atom is 0.144 e. The third kappa shape index (κ3) is 7.41. The average molecular weight is 310 g/mol. The van der Waals surface area contributed by atoms with E-state index in [1.165, 1.54) is 0 Å². The topological polar surface area (TPSA) is 56.5 Å². The van der Waals surface area contributed by atoms with E-state index in [4.69, 9.17) is 15.2 Å². The highest BCUT2D eigenvalue weighted by atomic mass is 32.2. The zero-order valence-corrected chi connectivity index (χ0v) is 13.9. The van der Waals surface area contributed by atoms with Crippen LogP contribution in [0.3, 0.4) is 0 Å². The molecule has 3 unspecified atom stereocenters. The van der Waals surface area contributed by atoms with Crippen molar-refractivity contribution in [1.82, 2.24) is 0 Å². The molecule has 3 atom stereocenters. The molecule has 4 nitrogen and oxygen atoms in total. The number of rotatable bonds is 10. The average Bonchev–Trinajstić information content (AvgIpc) is 2.46. The van der Waals surface area contributed by atoms with Crippen LogP contribution in [0.25, 0.3) is 0 Å². The Morgan fingerprint density at radius 3 is 2.48 bits per heavy atom. The summed E-state index contributed by atoms with van der Waals surface area (Å²) in [7, 11) is 0. The summed E-state index contributed by atoms with van der Waals surface area (Å²) in [6.07, 6.45) is 1.89. The third-order valence-electron chi connectivity index (χ3n) is 2.75. The molecule has 0 bridgehead atoms. The smallest absolute Gasteiger partial charge is 0.144 e. The van der Waals surface area contributed by atoms with Gasteiger partial charge in [-0.05, 0) is 45.0 Å². The summed E-state index contributed by atoms with van der Waals surface area (Å²) in [6, 6.07) is 7.90. The summed E-state index contributed by atoms with van der Waals surface area (Å²) in [4.78, 5) is 0. The van der Waals surface area contributed by atoms with Crippen LogP contribution < -0.4 is 15.8 Å². The van der Waals surface area contributed by atoms with E-state index < -0.39 is 0 Å². The van der Waals surface area contributed by atoms with Crippen LogP contribution in [0.15, 0.2) is 36.9 Å². The van der Waals surface area contributed by atoms with Crippen molar-refractivity contribution >= 4 is 17.4 Å². The van der Waals surface area contributed by atoms with Gasteiger partial charge >= 0.3 is 0 Å². The number of nitrogens with two attached hydrogens (primary N) is 1. The minimum atomic E-state index is 0.0111. The van der Waals surface area contributed by atoms with Crippen LogP contribution in [0.2, 0.25) is 0 Å². The Morgan fingerprint density at radius 2 is 1.90 bits per heavy atom. The van der Waals surface area contributed by atoms with Crippen LogP contribution in [0.1, 0.15) is 20.8 Å². The summed E-state index contributed by atoms with van der Waals surface area (Å²) in [5, 5.41) is 3.22. The van der Waals surface area contributed by atoms with Crippen LogP contribution >= 0.6 is 11.8 Å². The molecule has 0 fully saturated rings. The minimum absolute atomic E-state index is 0.0111. The lowest BCUT2D eigenvalue weighted by atomic mass is 10.3. The molecule has 0 heterocycles. The predicted octanol–water partition coefficient (Wildman–Crippen LogP) is 3.45. The van der Waals surface area contributed by atoms with Crippen LogP contribution in [0, 0.1) is 0 Å². The first-order valence-corrected chi connectivity index (χ1v) is 8.12. The quantitative estimate of drug-likeness (QED) is 0.512. The van der Waals surface area contributed by atoms with Gasteiger partial charge in [-0.3, -0.25) is 0 Å². The maximum atomic E-state index is 5.86. The highest BCUT2D eigenvalue weighted by Crippen LogP contribution is 2.24. The number of ether oxygens (including phenoxy) is 2. The SMILES string of the molecule is C=CCNc1ccc(OC(C)SC(C)OC(C)CN)cc1. The van der Waals surface area contributed by atoms with Crippen molar-refractivity contribution in [3.05, 3.63) is 36.9 Å². The molecule has 5 heteroatoms. The Morgan fingerprint density at radius 1 is 1.24 bits per heavy atom. The van der Waals surface area contributed by atoms with Gasteiger partial charge in [-0.25, -0.2) is 0 Å². The van der Waals surface area contributed by atoms with Gasteiger partial charge in [-0.2, -0.15) is 0 Å². The molecule has 0 aliphatic carbocycles. The predicted molar refractivity (Wildman–Crippen MR) is 91.9 cm³/mol. The molecular formula is C16H26N2O2S. The first-order valence-electron chi connectivity index (χ1n) is 7.17. The molecule has 0 amide bonds. The molecule has 0 saturated heterocycles. The highest BCUT2D eigenvalue weighted by Gasteiger charge is 2.13. The molecule has 1 aromatic rings. The number of anilines is 1. The van der Waals surface area contributed by atoms with Crippen molar-refractivity contribution < 1.29 is 9.47 Å². The fraction of sp³-hybridized carbons (Fsp3) is 0.500. The molecule has 3 N–H and O–H groups in total. The number of hydrogen-bond acceptors (Lipinski definition) is 5. The zero-order valence-electron chi connectivity index (χ0n) is 13.0. The molecule has 1 aromatic carbocycles. The molecule has 0 saturated carbocycles. The zero-order chi connectivity index (χ0) is 15.7. The molecule has 0 spiro atoms. The molecule has 0 aromatic heterocycles. The number of hydrogen-bond donors (Lipinski definition) is 2. The van der Waals surface area contributed by atoms with Crippen molar-refractivity contribution in [3.8, 4) is 5.75 Å². The van der Waals surface area contributed by atoms with Gasteiger partial charge in [0.05, 0.1) is 6.10 Å². The van der Waals surface area contributed by atoms with E-state index in [1.807, 2.05) is 51.1 Å². The molecule has 118 valence electrons. The highest BCUT2D eigenvalue weighted by molar-refractivity contribution is 8.00. The van der Waals surface area contributed by atoms with Gasteiger partial charge in [0.2, 0.25) is 0 Å². The van der Waals surface area contributed by atoms with Gasteiger partial charge in [-0.15, -0.1) is 6.58 Å². The van der Waals surface area contributed by atoms with Gasteiger partial charge in [0, 0.05) is 18.8 Å². The largest absolute Gasteiger partial charge is 0.480 e. The Bertz CT molecular complexity index is 411. The third-order valence-corrected chi connectivity index (χ3v) is 3.72. The second kappa shape index (κ2) is 9.71. The van der Waals surface area contributed by atoms with E-state index in [2.05, 4.69) is 11.9 Å². The first-order chi connectivity index (χ1) is 10.0. The Kier molecular flexibility index (Phi) is 8.27. The molecule has 0 radical (unpaired) electrons. The Labute approximate surface area is 132 Å². The van der Waals surface area contributed by atoms with Crippen molar-refractivity contribution in [1.29, 1.82) is 0 Å². The van der Waals surface area contributed by atoms with Crippen LogP contribution in [0.4, 0.5) is 5.69 Å². The fourth-order valence-corrected chi connectivity index (χ4v) is 2.71. The maximum absolute atomic E-state index is 5.86. The van der Waals surface area contributed by atoms with Crippen molar-refractivity contribution in [2.75, 3.05) is 18.4 Å². The fourth-order valence-electron chi connectivity index (χ4n) is 1.75. The van der Waals surface area contributed by atoms with Crippen molar-refractivity contribution in [3.63, 3.8) is 0 Å². The molecule has 21 heavy (non-hydrogen) atoms. The summed E-state index contributed by atoms with van der Waals surface area (Å²) in [6.45, 7) is 11.0. The first kappa shape index (κ1) is 17.9. The summed E-state index contributed by atoms with van der Waals surface area (Å²) < 4.78 is 11.6. The van der Waals surface area contributed by atoms with E-state index in [0.29, 0.717) is 6.54 Å². The van der Waals surface area contributed by atoms with Crippen molar-refractivity contribution in [2.45, 2.75) is 37.7 Å². The number of thioether (sulfide) groups is 1. The van der Waals surface area contributed by atoms with Crippen molar-refractivity contribution in [2.24, 2.45) is 5.73 Å². The van der Waals surface area contributed by atoms with Gasteiger partial charge in [0.15, 0.2) is 0 Å². The number of benzene rings is 1. The molecule has 1 rings (SSSR count). The van der Waals surface area contributed by atoms with E-state index in [1.54, 1.807) is 11.8 Å². The molecule has 0 aliphatic heterocycles. The standard InChI is InChI=1S/C16H26N2O2S/c1-5-10-18-15-6-8-16(9-7-15)20-14(4)21-13(3)19-12(2)11-17/h5-9,12-14,18H,1,10-11,17H2,2-4H3. The van der Waals surface area contributed by atoms with E-state index in [9.17, 15) is 0 Å². The summed E-state index contributed by atoms with van der Waals surface area (Å²) in [5.74, 6) is 0.846. The minimum Gasteiger partial charge on any atom is -0.480 e. The van der Waals surface area contributed by atoms with Gasteiger partial charge in [0.25, 0.3) is 0 Å². The van der Waals surface area contributed by atoms with E-state index in [-0.39, 0.29) is 17.0 Å². The Hall–Kier alpha value is -1.17. The number of nitrogens with one attached hydrogen (secondary N) is 1. The van der Waals surface area contributed by atoms with Gasteiger partial charge < -0.3 is 20.5 Å². The van der Waals surface area contributed by atoms with Crippen LogP contribution in [-0.4, -0.2) is 30.1 Å². The monoisotopic (exact) mass is 310 g/mol. The molecule has 0 aliphatic rings. The normalized spacial score (nSPS) is 15.0. The lowest BCUT2D eigenvalue weighted by Crippen LogP contribution is -2.25. The second-order valence-electron chi connectivity index (χ2n) is 4.77. The summed E-state index contributed by atoms with van der Waals surface area (Å²) in [5.41, 5.74) is 6.66. The Balaban J connectivity index is 2.39. The second-order valence-corrected chi connectivity index (χ2v) is 6.37. The van der Waals surface area contributed by atoms with Gasteiger partial charge in [-0.1, -0.05) is 17.8 Å². The van der Waals surface area contributed by atoms with E-state index >= 15 is 0 Å². The van der Waals surface area contributed by atoms with Crippen LogP contribution in [0.5, 0.6) is 5.75 Å². The lowest BCUT2D eigenvalue weighted by Gasteiger charge is -2.21. The van der Waals surface area contributed by atoms with Gasteiger partial charge in [0.1, 0.15) is 16.6 Å². The van der Waals surface area contributed by atoms with E-state index in [0.717, 1.165) is 18.0 Å². The molecular weight excluding hydrogens is 284 g/mol. The lowest BCUT2D eigenvalue weighted by molar-refractivity contribution is 0.0609. The summed E-state index contributed by atoms with van der Waals surface area (Å²) >= 11 is 1.63. The van der Waals surface area contributed by atoms with Crippen LogP contribution in [-0.2, 0) is 4.74 Å².